The van der Waals surface area contributed by atoms with Crippen molar-refractivity contribution >= 4 is 27.6 Å². The van der Waals surface area contributed by atoms with Crippen molar-refractivity contribution in [3.8, 4) is 0 Å². The van der Waals surface area contributed by atoms with E-state index in [1.54, 1.807) is 24.3 Å². The highest BCUT2D eigenvalue weighted by Gasteiger charge is 2.27. The number of sulfonamides is 1. The summed E-state index contributed by atoms with van der Waals surface area (Å²) in [5.74, 6) is -1.27. The summed E-state index contributed by atoms with van der Waals surface area (Å²) in [4.78, 5) is 11.5. The highest BCUT2D eigenvalue weighted by molar-refractivity contribution is 7.89. The summed E-state index contributed by atoms with van der Waals surface area (Å²) in [5.41, 5.74) is 0.536. The van der Waals surface area contributed by atoms with Crippen LogP contribution in [0.5, 0.6) is 0 Å². The third-order valence-corrected chi connectivity index (χ3v) is 5.46. The molecule has 2 aromatic rings. The summed E-state index contributed by atoms with van der Waals surface area (Å²) in [5, 5.41) is 0.377. The summed E-state index contributed by atoms with van der Waals surface area (Å²) >= 11 is 6.07. The molecule has 2 rings (SSSR count). The van der Waals surface area contributed by atoms with Gasteiger partial charge in [-0.25, -0.2) is 12.8 Å². The van der Waals surface area contributed by atoms with Gasteiger partial charge >= 0.3 is 5.97 Å². The van der Waals surface area contributed by atoms with Crippen LogP contribution in [-0.2, 0) is 26.1 Å². The Balaban J connectivity index is 2.39. The van der Waals surface area contributed by atoms with Gasteiger partial charge in [0.1, 0.15) is 12.4 Å². The Labute approximate surface area is 144 Å². The lowest BCUT2D eigenvalue weighted by Crippen LogP contribution is -2.35. The molecule has 0 N–H and O–H groups in total. The second-order valence-electron chi connectivity index (χ2n) is 4.89. The molecule has 0 saturated heterocycles. The first kappa shape index (κ1) is 18.4. The average Bonchev–Trinajstić information content (AvgIpc) is 2.56. The van der Waals surface area contributed by atoms with Gasteiger partial charge in [-0.1, -0.05) is 29.8 Å². The van der Waals surface area contributed by atoms with Crippen LogP contribution in [0, 0.1) is 5.82 Å². The Morgan fingerprint density at radius 1 is 1.17 bits per heavy atom. The molecule has 0 aliphatic rings. The van der Waals surface area contributed by atoms with Crippen LogP contribution in [0.4, 0.5) is 4.39 Å². The minimum Gasteiger partial charge on any atom is -0.468 e. The first-order valence-electron chi connectivity index (χ1n) is 6.90. The molecule has 2 aromatic carbocycles. The Morgan fingerprint density at radius 2 is 1.79 bits per heavy atom. The van der Waals surface area contributed by atoms with E-state index >= 15 is 0 Å². The van der Waals surface area contributed by atoms with Crippen LogP contribution in [0.3, 0.4) is 0 Å². The number of halogens is 2. The first-order chi connectivity index (χ1) is 11.3. The zero-order chi connectivity index (χ0) is 17.7. The standard InChI is InChI=1S/C16H15ClFNO4S/c1-23-16(20)11-19(10-12-4-2-3-5-15(12)17)24(21,22)14-8-6-13(18)7-9-14/h2-9H,10-11H2,1H3. The predicted octanol–water partition coefficient (Wildman–Crippen LogP) is 2.84. The molecule has 0 unspecified atom stereocenters. The van der Waals surface area contributed by atoms with Crippen molar-refractivity contribution in [1.82, 2.24) is 4.31 Å². The van der Waals surface area contributed by atoms with Gasteiger partial charge in [0.2, 0.25) is 10.0 Å². The van der Waals surface area contributed by atoms with E-state index in [1.165, 1.54) is 7.11 Å². The third-order valence-electron chi connectivity index (χ3n) is 3.29. The van der Waals surface area contributed by atoms with E-state index in [4.69, 9.17) is 11.6 Å². The molecule has 24 heavy (non-hydrogen) atoms. The number of rotatable bonds is 6. The van der Waals surface area contributed by atoms with Crippen LogP contribution >= 0.6 is 11.6 Å². The van der Waals surface area contributed by atoms with E-state index in [-0.39, 0.29) is 11.4 Å². The van der Waals surface area contributed by atoms with Crippen molar-refractivity contribution in [3.05, 3.63) is 64.9 Å². The van der Waals surface area contributed by atoms with Gasteiger partial charge in [0.15, 0.2) is 0 Å². The van der Waals surface area contributed by atoms with Crippen molar-refractivity contribution in [1.29, 1.82) is 0 Å². The lowest BCUT2D eigenvalue weighted by molar-refractivity contribution is -0.140. The summed E-state index contributed by atoms with van der Waals surface area (Å²) in [6.07, 6.45) is 0. The fourth-order valence-electron chi connectivity index (χ4n) is 2.01. The fourth-order valence-corrected chi connectivity index (χ4v) is 3.56. The SMILES string of the molecule is COC(=O)CN(Cc1ccccc1Cl)S(=O)(=O)c1ccc(F)cc1. The highest BCUT2D eigenvalue weighted by Crippen LogP contribution is 2.22. The first-order valence-corrected chi connectivity index (χ1v) is 8.72. The molecule has 0 saturated carbocycles. The number of benzene rings is 2. The van der Waals surface area contributed by atoms with Gasteiger partial charge in [-0.2, -0.15) is 4.31 Å². The van der Waals surface area contributed by atoms with E-state index in [1.807, 2.05) is 0 Å². The molecule has 0 aliphatic carbocycles. The third kappa shape index (κ3) is 4.31. The zero-order valence-electron chi connectivity index (χ0n) is 12.8. The second kappa shape index (κ2) is 7.74. The Morgan fingerprint density at radius 3 is 2.38 bits per heavy atom. The van der Waals surface area contributed by atoms with E-state index in [0.717, 1.165) is 28.6 Å². The number of carbonyl (C=O) groups is 1. The van der Waals surface area contributed by atoms with Crippen molar-refractivity contribution < 1.29 is 22.3 Å². The maximum absolute atomic E-state index is 13.0. The molecular formula is C16H15ClFNO4S. The van der Waals surface area contributed by atoms with Gasteiger partial charge in [-0.3, -0.25) is 4.79 Å². The lowest BCUT2D eigenvalue weighted by Gasteiger charge is -2.21. The molecule has 0 amide bonds. The molecular weight excluding hydrogens is 357 g/mol. The molecule has 8 heteroatoms. The van der Waals surface area contributed by atoms with Crippen LogP contribution in [-0.4, -0.2) is 32.3 Å². The van der Waals surface area contributed by atoms with Gasteiger partial charge < -0.3 is 4.74 Å². The average molecular weight is 372 g/mol. The normalized spacial score (nSPS) is 11.5. The van der Waals surface area contributed by atoms with Gasteiger partial charge in [0.25, 0.3) is 0 Å². The zero-order valence-corrected chi connectivity index (χ0v) is 14.3. The number of methoxy groups -OCH3 is 1. The monoisotopic (exact) mass is 371 g/mol. The molecule has 0 atom stereocenters. The molecule has 0 aliphatic heterocycles. The van der Waals surface area contributed by atoms with Crippen LogP contribution in [0.15, 0.2) is 53.4 Å². The molecule has 0 spiro atoms. The molecule has 0 heterocycles. The largest absolute Gasteiger partial charge is 0.468 e. The molecule has 0 radical (unpaired) electrons. The minimum atomic E-state index is -4.03. The van der Waals surface area contributed by atoms with Crippen molar-refractivity contribution in [2.24, 2.45) is 0 Å². The van der Waals surface area contributed by atoms with Gasteiger partial charge in [0.05, 0.1) is 12.0 Å². The van der Waals surface area contributed by atoms with E-state index < -0.39 is 28.4 Å². The fraction of sp³-hybridized carbons (Fsp3) is 0.188. The Kier molecular flexibility index (Phi) is 5.93. The van der Waals surface area contributed by atoms with Crippen molar-refractivity contribution in [2.75, 3.05) is 13.7 Å². The van der Waals surface area contributed by atoms with Crippen LogP contribution in [0.25, 0.3) is 0 Å². The van der Waals surface area contributed by atoms with Gasteiger partial charge in [-0.05, 0) is 35.9 Å². The molecule has 0 aromatic heterocycles. The van der Waals surface area contributed by atoms with Crippen LogP contribution < -0.4 is 0 Å². The maximum atomic E-state index is 13.0. The Hall–Kier alpha value is -1.96. The second-order valence-corrected chi connectivity index (χ2v) is 7.24. The van der Waals surface area contributed by atoms with Crippen molar-refractivity contribution in [2.45, 2.75) is 11.4 Å². The van der Waals surface area contributed by atoms with Crippen molar-refractivity contribution in [3.63, 3.8) is 0 Å². The number of ether oxygens (including phenoxy) is 1. The topological polar surface area (TPSA) is 63.7 Å². The smallest absolute Gasteiger partial charge is 0.321 e. The molecule has 5 nitrogen and oxygen atoms in total. The van der Waals surface area contributed by atoms with E-state index in [0.29, 0.717) is 10.6 Å². The summed E-state index contributed by atoms with van der Waals surface area (Å²) in [6.45, 7) is -0.601. The van der Waals surface area contributed by atoms with Gasteiger partial charge in [0, 0.05) is 11.6 Å². The predicted molar refractivity (Wildman–Crippen MR) is 87.5 cm³/mol. The number of hydrogen-bond donors (Lipinski definition) is 0. The number of hydrogen-bond acceptors (Lipinski definition) is 4. The molecule has 0 fully saturated rings. The van der Waals surface area contributed by atoms with Crippen LogP contribution in [0.2, 0.25) is 5.02 Å². The summed E-state index contributed by atoms with van der Waals surface area (Å²) in [6, 6.07) is 11.1. The quantitative estimate of drug-likeness (QED) is 0.732. The number of carbonyl (C=O) groups excluding carboxylic acids is 1. The van der Waals surface area contributed by atoms with E-state index in [2.05, 4.69) is 4.74 Å². The van der Waals surface area contributed by atoms with Gasteiger partial charge in [-0.15, -0.1) is 0 Å². The Bertz CT molecular complexity index is 824. The summed E-state index contributed by atoms with van der Waals surface area (Å²) < 4.78 is 44.1. The highest BCUT2D eigenvalue weighted by atomic mass is 35.5. The minimum absolute atomic E-state index is 0.117. The number of esters is 1. The maximum Gasteiger partial charge on any atom is 0.321 e. The molecule has 0 bridgehead atoms. The molecule has 128 valence electrons. The number of nitrogens with zero attached hydrogens (tertiary/aromatic N) is 1. The van der Waals surface area contributed by atoms with E-state index in [9.17, 15) is 17.6 Å². The summed E-state index contributed by atoms with van der Waals surface area (Å²) in [7, 11) is -2.86. The lowest BCUT2D eigenvalue weighted by atomic mass is 10.2. The van der Waals surface area contributed by atoms with Crippen LogP contribution in [0.1, 0.15) is 5.56 Å².